The van der Waals surface area contributed by atoms with Crippen molar-refractivity contribution in [3.63, 3.8) is 0 Å². The lowest BCUT2D eigenvalue weighted by molar-refractivity contribution is -0.384. The Labute approximate surface area is 169 Å². The van der Waals surface area contributed by atoms with Crippen molar-refractivity contribution in [1.29, 1.82) is 0 Å². The molecule has 11 heteroatoms. The zero-order valence-corrected chi connectivity index (χ0v) is 17.1. The largest absolute Gasteiger partial charge is 0.465 e. The smallest absolute Gasteiger partial charge is 0.326 e. The Hall–Kier alpha value is -2.37. The fourth-order valence-electron chi connectivity index (χ4n) is 2.32. The van der Waals surface area contributed by atoms with E-state index in [4.69, 9.17) is 4.74 Å². The highest BCUT2D eigenvalue weighted by molar-refractivity contribution is 9.11. The summed E-state index contributed by atoms with van der Waals surface area (Å²) in [5.41, 5.74) is 0.490. The minimum absolute atomic E-state index is 0.0768. The number of hydrogen-bond donors (Lipinski definition) is 0. The maximum atomic E-state index is 12.4. The van der Waals surface area contributed by atoms with Crippen LogP contribution >= 0.6 is 38.6 Å². The maximum absolute atomic E-state index is 12.4. The fourth-order valence-corrected chi connectivity index (χ4v) is 4.65. The average Bonchev–Trinajstić information content (AvgIpc) is 3.19. The number of aromatic nitrogens is 1. The highest BCUT2D eigenvalue weighted by Crippen LogP contribution is 2.25. The number of thiazole rings is 1. The lowest BCUT2D eigenvalue weighted by Crippen LogP contribution is -2.23. The predicted octanol–water partition coefficient (Wildman–Crippen LogP) is 3.74. The monoisotopic (exact) mass is 469 g/mol. The van der Waals surface area contributed by atoms with Gasteiger partial charge in [-0.25, -0.2) is 0 Å². The van der Waals surface area contributed by atoms with Gasteiger partial charge in [-0.2, -0.15) is 4.99 Å². The fraction of sp³-hybridized carbons (Fsp3) is 0.188. The minimum atomic E-state index is -0.500. The van der Waals surface area contributed by atoms with Gasteiger partial charge in [0.15, 0.2) is 4.80 Å². The van der Waals surface area contributed by atoms with Gasteiger partial charge in [0, 0.05) is 12.1 Å². The van der Waals surface area contributed by atoms with E-state index in [0.29, 0.717) is 15.1 Å². The quantitative estimate of drug-likeness (QED) is 0.321. The molecular weight excluding hydrogens is 458 g/mol. The molecule has 3 rings (SSSR count). The molecule has 3 aromatic rings. The van der Waals surface area contributed by atoms with Crippen molar-refractivity contribution in [2.75, 3.05) is 6.61 Å². The Balaban J connectivity index is 2.13. The molecule has 0 bridgehead atoms. The van der Waals surface area contributed by atoms with Crippen LogP contribution < -0.4 is 4.80 Å². The molecule has 0 unspecified atom stereocenters. The van der Waals surface area contributed by atoms with Crippen LogP contribution in [0.25, 0.3) is 10.2 Å². The molecule has 0 aliphatic carbocycles. The van der Waals surface area contributed by atoms with E-state index in [1.807, 2.05) is 0 Å². The third-order valence-corrected chi connectivity index (χ3v) is 6.10. The molecule has 0 saturated carbocycles. The molecule has 0 aliphatic heterocycles. The van der Waals surface area contributed by atoms with E-state index in [9.17, 15) is 19.7 Å². The second-order valence-corrected chi connectivity index (χ2v) is 8.68. The van der Waals surface area contributed by atoms with Crippen LogP contribution in [-0.2, 0) is 16.1 Å². The van der Waals surface area contributed by atoms with Crippen molar-refractivity contribution in [1.82, 2.24) is 4.57 Å². The van der Waals surface area contributed by atoms with Crippen molar-refractivity contribution in [2.45, 2.75) is 13.5 Å². The van der Waals surface area contributed by atoms with Crippen LogP contribution in [0.2, 0.25) is 0 Å². The first-order valence-electron chi connectivity index (χ1n) is 7.67. The van der Waals surface area contributed by atoms with Gasteiger partial charge in [0.1, 0.15) is 6.54 Å². The van der Waals surface area contributed by atoms with Gasteiger partial charge in [-0.05, 0) is 41.1 Å². The van der Waals surface area contributed by atoms with Crippen molar-refractivity contribution in [3.05, 3.63) is 53.9 Å². The maximum Gasteiger partial charge on any atom is 0.326 e. The number of non-ortho nitro benzene ring substituents is 1. The summed E-state index contributed by atoms with van der Waals surface area (Å²) in [5, 5.41) is 11.0. The summed E-state index contributed by atoms with van der Waals surface area (Å²) in [6, 6.07) is 7.67. The molecule has 0 spiro atoms. The van der Waals surface area contributed by atoms with Crippen LogP contribution in [0.1, 0.15) is 16.6 Å². The number of nitrogens with zero attached hydrogens (tertiary/aromatic N) is 3. The number of hydrogen-bond acceptors (Lipinski definition) is 7. The zero-order valence-electron chi connectivity index (χ0n) is 13.9. The highest BCUT2D eigenvalue weighted by Gasteiger charge is 2.16. The van der Waals surface area contributed by atoms with Gasteiger partial charge in [0.25, 0.3) is 11.6 Å². The van der Waals surface area contributed by atoms with Gasteiger partial charge in [-0.15, -0.1) is 11.3 Å². The summed E-state index contributed by atoms with van der Waals surface area (Å²) >= 11 is 5.64. The van der Waals surface area contributed by atoms with Gasteiger partial charge in [0.2, 0.25) is 0 Å². The van der Waals surface area contributed by atoms with E-state index < -0.39 is 16.8 Å². The number of nitro groups is 1. The Bertz CT molecular complexity index is 1110. The number of ether oxygens (including phenoxy) is 1. The van der Waals surface area contributed by atoms with Gasteiger partial charge in [0.05, 0.1) is 30.4 Å². The van der Waals surface area contributed by atoms with Gasteiger partial charge >= 0.3 is 5.97 Å². The number of rotatable bonds is 5. The number of carbonyl (C=O) groups is 2. The standard InChI is InChI=1S/C16H12BrN3O5S2/c1-2-25-14(21)8-19-10-4-3-9(20(23)24)7-12(10)27-16(19)18-15(22)11-5-6-13(17)26-11/h3-7H,2,8H2,1H3. The normalized spacial score (nSPS) is 11.7. The Kier molecular flexibility index (Phi) is 5.82. The van der Waals surface area contributed by atoms with Gasteiger partial charge in [-0.1, -0.05) is 11.3 Å². The molecule has 0 aliphatic rings. The van der Waals surface area contributed by atoms with E-state index in [1.165, 1.54) is 34.1 Å². The van der Waals surface area contributed by atoms with Crippen LogP contribution in [0.15, 0.2) is 39.1 Å². The minimum Gasteiger partial charge on any atom is -0.465 e. The first-order chi connectivity index (χ1) is 12.9. The van der Waals surface area contributed by atoms with Crippen LogP contribution in [0.3, 0.4) is 0 Å². The molecule has 0 radical (unpaired) electrons. The number of amides is 1. The number of fused-ring (bicyclic) bond motifs is 1. The average molecular weight is 470 g/mol. The molecule has 0 fully saturated rings. The first-order valence-corrected chi connectivity index (χ1v) is 10.1. The Morgan fingerprint density at radius 2 is 2.07 bits per heavy atom. The van der Waals surface area contributed by atoms with Crippen molar-refractivity contribution in [2.24, 2.45) is 4.99 Å². The molecule has 0 saturated heterocycles. The summed E-state index contributed by atoms with van der Waals surface area (Å²) in [5.74, 6) is -0.937. The second-order valence-electron chi connectivity index (χ2n) is 5.21. The molecule has 8 nitrogen and oxygen atoms in total. The summed E-state index contributed by atoms with van der Waals surface area (Å²) < 4.78 is 7.86. The number of benzene rings is 1. The van der Waals surface area contributed by atoms with Crippen LogP contribution in [0.5, 0.6) is 0 Å². The molecular formula is C16H12BrN3O5S2. The molecule has 1 amide bonds. The van der Waals surface area contributed by atoms with E-state index in [-0.39, 0.29) is 23.6 Å². The molecule has 0 atom stereocenters. The molecule has 0 N–H and O–H groups in total. The molecule has 2 heterocycles. The highest BCUT2D eigenvalue weighted by atomic mass is 79.9. The zero-order chi connectivity index (χ0) is 19.6. The molecule has 27 heavy (non-hydrogen) atoms. The first kappa shape index (κ1) is 19.4. The molecule has 140 valence electrons. The SMILES string of the molecule is CCOC(=O)Cn1c(=NC(=O)c2ccc(Br)s2)sc2cc([N+](=O)[O-])ccc21. The summed E-state index contributed by atoms with van der Waals surface area (Å²) in [7, 11) is 0. The lowest BCUT2D eigenvalue weighted by atomic mass is 10.3. The van der Waals surface area contributed by atoms with Gasteiger partial charge in [-0.3, -0.25) is 19.7 Å². The van der Waals surface area contributed by atoms with Crippen LogP contribution in [0.4, 0.5) is 5.69 Å². The summed E-state index contributed by atoms with van der Waals surface area (Å²) in [6.45, 7) is 1.77. The van der Waals surface area contributed by atoms with Gasteiger partial charge < -0.3 is 9.30 Å². The number of nitro benzene ring substituents is 1. The molecule has 1 aromatic carbocycles. The van der Waals surface area contributed by atoms with Crippen molar-refractivity contribution in [3.8, 4) is 0 Å². The topological polar surface area (TPSA) is 104 Å². The third-order valence-electron chi connectivity index (χ3n) is 3.45. The van der Waals surface area contributed by atoms with E-state index in [0.717, 1.165) is 15.1 Å². The summed E-state index contributed by atoms with van der Waals surface area (Å²) in [6.07, 6.45) is 0. The summed E-state index contributed by atoms with van der Waals surface area (Å²) in [4.78, 5) is 39.7. The number of esters is 1. The Morgan fingerprint density at radius 3 is 2.70 bits per heavy atom. The third kappa shape index (κ3) is 4.31. The van der Waals surface area contributed by atoms with Crippen LogP contribution in [0, 0.1) is 10.1 Å². The molecule has 2 aromatic heterocycles. The number of halogens is 1. The Morgan fingerprint density at radius 1 is 1.30 bits per heavy atom. The predicted molar refractivity (Wildman–Crippen MR) is 105 cm³/mol. The van der Waals surface area contributed by atoms with E-state index >= 15 is 0 Å². The number of carbonyl (C=O) groups excluding carboxylic acids is 2. The van der Waals surface area contributed by atoms with E-state index in [2.05, 4.69) is 20.9 Å². The van der Waals surface area contributed by atoms with E-state index in [1.54, 1.807) is 19.1 Å². The van der Waals surface area contributed by atoms with Crippen molar-refractivity contribution < 1.29 is 19.2 Å². The number of thiophene rings is 1. The van der Waals surface area contributed by atoms with Crippen LogP contribution in [-0.4, -0.2) is 28.0 Å². The lowest BCUT2D eigenvalue weighted by Gasteiger charge is -2.04. The second kappa shape index (κ2) is 8.11. The van der Waals surface area contributed by atoms with Crippen molar-refractivity contribution >= 4 is 66.4 Å².